The molecule has 0 saturated carbocycles. The second-order valence-corrected chi connectivity index (χ2v) is 7.86. The number of hydrogen-bond donors (Lipinski definition) is 0. The standard InChI is InChI=1S/C20H20ClN3O4S/c1-3-24-16(15(21)8-22-24)9-23(2)20(25)19-6-13(11-29-19)10-26-14-4-5-17-18(7-14)28-12-27-17/h4-8,11H,3,9-10,12H2,1-2H3. The van der Waals surface area contributed by atoms with Gasteiger partial charge in [0.2, 0.25) is 6.79 Å². The SMILES string of the molecule is CCn1ncc(Cl)c1CN(C)C(=O)c1cc(COc2ccc3c(c2)OCO3)cs1. The molecule has 1 aliphatic heterocycles. The number of aromatic nitrogens is 2. The fourth-order valence-corrected chi connectivity index (χ4v) is 4.09. The van der Waals surface area contributed by atoms with Crippen molar-refractivity contribution in [2.24, 2.45) is 0 Å². The Kier molecular flexibility index (Phi) is 5.64. The second kappa shape index (κ2) is 8.34. The van der Waals surface area contributed by atoms with E-state index >= 15 is 0 Å². The van der Waals surface area contributed by atoms with Gasteiger partial charge in [0.25, 0.3) is 5.91 Å². The predicted octanol–water partition coefficient (Wildman–Crippen LogP) is 4.20. The molecule has 0 spiro atoms. The summed E-state index contributed by atoms with van der Waals surface area (Å²) in [6.45, 7) is 3.67. The molecular formula is C20H20ClN3O4S. The van der Waals surface area contributed by atoms with Gasteiger partial charge in [0.1, 0.15) is 12.4 Å². The Bertz CT molecular complexity index is 1030. The molecule has 0 bridgehead atoms. The van der Waals surface area contributed by atoms with Gasteiger partial charge in [0.05, 0.1) is 28.3 Å². The summed E-state index contributed by atoms with van der Waals surface area (Å²) in [5.74, 6) is 2.01. The van der Waals surface area contributed by atoms with Crippen molar-refractivity contribution in [3.05, 3.63) is 57.0 Å². The van der Waals surface area contributed by atoms with Crippen molar-refractivity contribution >= 4 is 28.8 Å². The van der Waals surface area contributed by atoms with Gasteiger partial charge >= 0.3 is 0 Å². The third kappa shape index (κ3) is 4.18. The number of nitrogens with zero attached hydrogens (tertiary/aromatic N) is 3. The minimum absolute atomic E-state index is 0.0655. The zero-order chi connectivity index (χ0) is 20.4. The van der Waals surface area contributed by atoms with Crippen LogP contribution in [-0.2, 0) is 19.7 Å². The van der Waals surface area contributed by atoms with Gasteiger partial charge in [-0.05, 0) is 30.5 Å². The van der Waals surface area contributed by atoms with Crippen LogP contribution in [-0.4, -0.2) is 34.4 Å². The number of thiophene rings is 1. The maximum Gasteiger partial charge on any atom is 0.264 e. The van der Waals surface area contributed by atoms with E-state index in [1.54, 1.807) is 28.9 Å². The second-order valence-electron chi connectivity index (χ2n) is 6.54. The summed E-state index contributed by atoms with van der Waals surface area (Å²) in [7, 11) is 1.76. The molecule has 152 valence electrons. The Balaban J connectivity index is 1.37. The molecule has 3 heterocycles. The normalized spacial score (nSPS) is 12.2. The molecule has 0 N–H and O–H groups in total. The van der Waals surface area contributed by atoms with Crippen molar-refractivity contribution in [1.82, 2.24) is 14.7 Å². The number of rotatable bonds is 7. The Labute approximate surface area is 177 Å². The third-order valence-electron chi connectivity index (χ3n) is 4.54. The van der Waals surface area contributed by atoms with Gasteiger partial charge in [0, 0.05) is 25.2 Å². The lowest BCUT2D eigenvalue weighted by atomic mass is 10.3. The molecule has 0 atom stereocenters. The Hall–Kier alpha value is -2.71. The number of benzene rings is 1. The molecule has 0 saturated heterocycles. The summed E-state index contributed by atoms with van der Waals surface area (Å²) in [6.07, 6.45) is 1.61. The molecular weight excluding hydrogens is 414 g/mol. The predicted molar refractivity (Wildman–Crippen MR) is 110 cm³/mol. The van der Waals surface area contributed by atoms with Crippen LogP contribution >= 0.6 is 22.9 Å². The smallest absolute Gasteiger partial charge is 0.264 e. The van der Waals surface area contributed by atoms with Gasteiger partial charge in [-0.2, -0.15) is 5.10 Å². The van der Waals surface area contributed by atoms with Crippen LogP contribution in [0.3, 0.4) is 0 Å². The van der Waals surface area contributed by atoms with Gasteiger partial charge in [-0.25, -0.2) is 0 Å². The number of ether oxygens (including phenoxy) is 3. The first-order chi connectivity index (χ1) is 14.0. The van der Waals surface area contributed by atoms with Crippen LogP contribution in [0, 0.1) is 0 Å². The zero-order valence-corrected chi connectivity index (χ0v) is 17.6. The van der Waals surface area contributed by atoms with E-state index in [-0.39, 0.29) is 12.7 Å². The maximum atomic E-state index is 12.8. The highest BCUT2D eigenvalue weighted by Gasteiger charge is 2.18. The van der Waals surface area contributed by atoms with E-state index in [0.717, 1.165) is 11.3 Å². The molecule has 1 aliphatic rings. The van der Waals surface area contributed by atoms with Gasteiger partial charge in [-0.15, -0.1) is 11.3 Å². The molecule has 0 aliphatic carbocycles. The Morgan fingerprint density at radius 2 is 2.17 bits per heavy atom. The lowest BCUT2D eigenvalue weighted by molar-refractivity contribution is 0.0786. The number of halogens is 1. The Morgan fingerprint density at radius 1 is 1.34 bits per heavy atom. The van der Waals surface area contributed by atoms with E-state index in [4.69, 9.17) is 25.8 Å². The van der Waals surface area contributed by atoms with Gasteiger partial charge < -0.3 is 19.1 Å². The Morgan fingerprint density at radius 3 is 3.00 bits per heavy atom. The average molecular weight is 434 g/mol. The summed E-state index contributed by atoms with van der Waals surface area (Å²) in [5, 5.41) is 6.71. The monoisotopic (exact) mass is 433 g/mol. The summed E-state index contributed by atoms with van der Waals surface area (Å²) in [4.78, 5) is 15.1. The van der Waals surface area contributed by atoms with Crippen LogP contribution in [0.1, 0.15) is 27.9 Å². The molecule has 9 heteroatoms. The van der Waals surface area contributed by atoms with Crippen LogP contribution in [0.25, 0.3) is 0 Å². The molecule has 0 radical (unpaired) electrons. The molecule has 3 aromatic rings. The maximum absolute atomic E-state index is 12.8. The van der Waals surface area contributed by atoms with Crippen molar-refractivity contribution in [3.8, 4) is 17.2 Å². The quantitative estimate of drug-likeness (QED) is 0.558. The first-order valence-corrected chi connectivity index (χ1v) is 10.4. The molecule has 4 rings (SSSR count). The van der Waals surface area contributed by atoms with Crippen molar-refractivity contribution in [3.63, 3.8) is 0 Å². The minimum atomic E-state index is -0.0655. The summed E-state index contributed by atoms with van der Waals surface area (Å²) < 4.78 is 18.3. The van der Waals surface area contributed by atoms with E-state index in [2.05, 4.69) is 5.10 Å². The number of carbonyl (C=O) groups excluding carboxylic acids is 1. The first-order valence-electron chi connectivity index (χ1n) is 9.10. The number of hydrogen-bond acceptors (Lipinski definition) is 6. The van der Waals surface area contributed by atoms with Crippen molar-refractivity contribution in [1.29, 1.82) is 0 Å². The highest BCUT2D eigenvalue weighted by atomic mass is 35.5. The van der Waals surface area contributed by atoms with Gasteiger partial charge in [-0.1, -0.05) is 11.6 Å². The van der Waals surface area contributed by atoms with Crippen LogP contribution < -0.4 is 14.2 Å². The number of amides is 1. The number of carbonyl (C=O) groups is 1. The molecule has 1 aromatic carbocycles. The van der Waals surface area contributed by atoms with Crippen molar-refractivity contribution in [2.75, 3.05) is 13.8 Å². The van der Waals surface area contributed by atoms with Gasteiger partial charge in [-0.3, -0.25) is 9.48 Å². The van der Waals surface area contributed by atoms with Crippen LogP contribution in [0.5, 0.6) is 17.2 Å². The van der Waals surface area contributed by atoms with Crippen LogP contribution in [0.2, 0.25) is 5.02 Å². The molecule has 0 fully saturated rings. The number of aryl methyl sites for hydroxylation is 1. The van der Waals surface area contributed by atoms with E-state index in [0.29, 0.717) is 46.8 Å². The third-order valence-corrected chi connectivity index (χ3v) is 5.83. The molecule has 29 heavy (non-hydrogen) atoms. The lowest BCUT2D eigenvalue weighted by Crippen LogP contribution is -2.27. The minimum Gasteiger partial charge on any atom is -0.489 e. The van der Waals surface area contributed by atoms with Crippen molar-refractivity contribution in [2.45, 2.75) is 26.6 Å². The lowest BCUT2D eigenvalue weighted by Gasteiger charge is -2.17. The van der Waals surface area contributed by atoms with Crippen LogP contribution in [0.15, 0.2) is 35.8 Å². The van der Waals surface area contributed by atoms with E-state index in [1.807, 2.05) is 30.5 Å². The molecule has 1 amide bonds. The van der Waals surface area contributed by atoms with E-state index in [1.165, 1.54) is 11.3 Å². The van der Waals surface area contributed by atoms with Crippen molar-refractivity contribution < 1.29 is 19.0 Å². The first kappa shape index (κ1) is 19.6. The number of fused-ring (bicyclic) bond motifs is 1. The van der Waals surface area contributed by atoms with Crippen LogP contribution in [0.4, 0.5) is 0 Å². The average Bonchev–Trinajstić information content (AvgIpc) is 3.46. The van der Waals surface area contributed by atoms with E-state index < -0.39 is 0 Å². The summed E-state index contributed by atoms with van der Waals surface area (Å²) in [6, 6.07) is 7.31. The molecule has 0 unspecified atom stereocenters. The largest absolute Gasteiger partial charge is 0.489 e. The van der Waals surface area contributed by atoms with E-state index in [9.17, 15) is 4.79 Å². The summed E-state index contributed by atoms with van der Waals surface area (Å²) in [5.41, 5.74) is 1.76. The van der Waals surface area contributed by atoms with Gasteiger partial charge in [0.15, 0.2) is 11.5 Å². The molecule has 2 aromatic heterocycles. The topological polar surface area (TPSA) is 65.8 Å². The summed E-state index contributed by atoms with van der Waals surface area (Å²) >= 11 is 7.60. The highest BCUT2D eigenvalue weighted by Crippen LogP contribution is 2.35. The molecule has 7 nitrogen and oxygen atoms in total. The zero-order valence-electron chi connectivity index (χ0n) is 16.1. The fraction of sp³-hybridized carbons (Fsp3) is 0.300. The highest BCUT2D eigenvalue weighted by molar-refractivity contribution is 7.12. The fourth-order valence-electron chi connectivity index (χ4n) is 3.00.